The largest absolute Gasteiger partial charge is 0.478 e. The molecule has 0 rings (SSSR count). The molecule has 0 aliphatic rings. The van der Waals surface area contributed by atoms with Crippen molar-refractivity contribution in [2.45, 2.75) is 40.2 Å². The number of hydrogen-bond donors (Lipinski definition) is 1. The van der Waals surface area contributed by atoms with Crippen LogP contribution in [0.15, 0.2) is 11.5 Å². The van der Waals surface area contributed by atoms with E-state index in [1.807, 2.05) is 13.8 Å². The first-order chi connectivity index (χ1) is 8.12. The van der Waals surface area contributed by atoms with Crippen LogP contribution in [0.25, 0.3) is 0 Å². The molecule has 1 unspecified atom stereocenters. The van der Waals surface area contributed by atoms with E-state index in [0.717, 1.165) is 0 Å². The van der Waals surface area contributed by atoms with E-state index in [1.165, 1.54) is 0 Å². The van der Waals surface area contributed by atoms with Gasteiger partial charge in [-0.25, -0.2) is 4.79 Å². The molecule has 0 aromatic heterocycles. The number of aliphatic carboxylic acids is 1. The van der Waals surface area contributed by atoms with Gasteiger partial charge in [-0.2, -0.15) is 0 Å². The Morgan fingerprint density at radius 2 is 1.59 bits per heavy atom. The average molecular weight is 246 g/mol. The Labute approximate surface area is 102 Å². The van der Waals surface area contributed by atoms with Gasteiger partial charge in [-0.05, 0) is 27.2 Å². The van der Waals surface area contributed by atoms with Crippen LogP contribution in [0, 0.1) is 0 Å². The van der Waals surface area contributed by atoms with Crippen LogP contribution in [0.4, 0.5) is 0 Å². The molecule has 0 aliphatic heterocycles. The molecule has 0 saturated heterocycles. The summed E-state index contributed by atoms with van der Waals surface area (Å²) in [4.78, 5) is 11.3. The van der Waals surface area contributed by atoms with Gasteiger partial charge in [0, 0.05) is 6.61 Å². The van der Waals surface area contributed by atoms with Crippen molar-refractivity contribution in [3.63, 3.8) is 0 Å². The number of carboxylic acids is 1. The minimum Gasteiger partial charge on any atom is -0.478 e. The Morgan fingerprint density at radius 3 is 1.88 bits per heavy atom. The Morgan fingerprint density at radius 1 is 1.06 bits per heavy atom. The van der Waals surface area contributed by atoms with Crippen molar-refractivity contribution in [3.05, 3.63) is 11.5 Å². The fourth-order valence-corrected chi connectivity index (χ4v) is 1.42. The highest BCUT2D eigenvalue weighted by Gasteiger charge is 2.26. The smallest absolute Gasteiger partial charge is 0.341 e. The van der Waals surface area contributed by atoms with Crippen LogP contribution in [0.1, 0.15) is 34.1 Å². The van der Waals surface area contributed by atoms with E-state index in [-0.39, 0.29) is 11.5 Å². The zero-order valence-electron chi connectivity index (χ0n) is 11.0. The second-order valence-corrected chi connectivity index (χ2v) is 3.22. The normalized spacial score (nSPS) is 11.8. The van der Waals surface area contributed by atoms with Crippen molar-refractivity contribution >= 4 is 5.97 Å². The Balaban J connectivity index is 5.21. The van der Waals surface area contributed by atoms with Gasteiger partial charge < -0.3 is 19.3 Å². The predicted molar refractivity (Wildman–Crippen MR) is 63.6 cm³/mol. The highest BCUT2D eigenvalue weighted by Crippen LogP contribution is 2.18. The number of hydrogen-bond acceptors (Lipinski definition) is 4. The summed E-state index contributed by atoms with van der Waals surface area (Å²) in [7, 11) is 0. The summed E-state index contributed by atoms with van der Waals surface area (Å²) in [5.74, 6) is -1.01. The van der Waals surface area contributed by atoms with E-state index in [0.29, 0.717) is 26.2 Å². The average Bonchev–Trinajstić information content (AvgIpc) is 2.28. The lowest BCUT2D eigenvalue weighted by Gasteiger charge is -2.19. The van der Waals surface area contributed by atoms with Crippen LogP contribution >= 0.6 is 0 Å². The fourth-order valence-electron chi connectivity index (χ4n) is 1.42. The number of ether oxygens (including phenoxy) is 3. The quantitative estimate of drug-likeness (QED) is 0.499. The third kappa shape index (κ3) is 5.08. The molecule has 0 radical (unpaired) electrons. The molecular formula is C12H22O5. The molecule has 0 saturated carbocycles. The van der Waals surface area contributed by atoms with Gasteiger partial charge in [-0.1, -0.05) is 6.92 Å². The van der Waals surface area contributed by atoms with Crippen LogP contribution in [0.5, 0.6) is 0 Å². The van der Waals surface area contributed by atoms with E-state index in [1.54, 1.807) is 13.8 Å². The van der Waals surface area contributed by atoms with Crippen molar-refractivity contribution < 1.29 is 24.1 Å². The molecule has 5 nitrogen and oxygen atoms in total. The summed E-state index contributed by atoms with van der Waals surface area (Å²) in [5.41, 5.74) is 0.0538. The summed E-state index contributed by atoms with van der Waals surface area (Å²) < 4.78 is 15.9. The van der Waals surface area contributed by atoms with E-state index >= 15 is 0 Å². The summed E-state index contributed by atoms with van der Waals surface area (Å²) in [6, 6.07) is 0. The summed E-state index contributed by atoms with van der Waals surface area (Å²) in [5, 5.41) is 9.23. The molecular weight excluding hydrogens is 224 g/mol. The van der Waals surface area contributed by atoms with Crippen molar-refractivity contribution in [3.8, 4) is 0 Å². The highest BCUT2D eigenvalue weighted by atomic mass is 16.7. The van der Waals surface area contributed by atoms with Crippen molar-refractivity contribution in [1.29, 1.82) is 0 Å². The Hall–Kier alpha value is -1.23. The van der Waals surface area contributed by atoms with Crippen molar-refractivity contribution in [2.75, 3.05) is 19.8 Å². The van der Waals surface area contributed by atoms with Gasteiger partial charge in [0.2, 0.25) is 0 Å². The Kier molecular flexibility index (Phi) is 8.23. The summed E-state index contributed by atoms with van der Waals surface area (Å²) in [6.45, 7) is 8.40. The van der Waals surface area contributed by atoms with E-state index in [4.69, 9.17) is 14.2 Å². The van der Waals surface area contributed by atoms with Crippen LogP contribution in [0.2, 0.25) is 0 Å². The highest BCUT2D eigenvalue weighted by molar-refractivity contribution is 5.88. The predicted octanol–water partition coefficient (Wildman–Crippen LogP) is 2.17. The van der Waals surface area contributed by atoms with Crippen molar-refractivity contribution in [1.82, 2.24) is 0 Å². The van der Waals surface area contributed by atoms with E-state index in [2.05, 4.69) is 0 Å². The molecule has 0 aromatic rings. The van der Waals surface area contributed by atoms with Crippen LogP contribution in [0.3, 0.4) is 0 Å². The standard InChI is InChI=1S/C12H22O5/c1-5-9(15-6-2)10(11(13)14)12(16-7-3)17-8-4/h9H,5-8H2,1-4H3,(H,13,14). The van der Waals surface area contributed by atoms with Gasteiger partial charge in [-0.15, -0.1) is 0 Å². The topological polar surface area (TPSA) is 65.0 Å². The molecule has 0 aromatic carbocycles. The lowest BCUT2D eigenvalue weighted by atomic mass is 10.1. The minimum atomic E-state index is -1.07. The third-order valence-corrected chi connectivity index (χ3v) is 2.06. The maximum Gasteiger partial charge on any atom is 0.341 e. The lowest BCUT2D eigenvalue weighted by Crippen LogP contribution is -2.24. The summed E-state index contributed by atoms with van der Waals surface area (Å²) >= 11 is 0. The van der Waals surface area contributed by atoms with Gasteiger partial charge in [0.05, 0.1) is 19.3 Å². The molecule has 0 bridgehead atoms. The van der Waals surface area contributed by atoms with Gasteiger partial charge in [-0.3, -0.25) is 0 Å². The van der Waals surface area contributed by atoms with Gasteiger partial charge in [0.1, 0.15) is 5.57 Å². The molecule has 0 aliphatic carbocycles. The fraction of sp³-hybridized carbons (Fsp3) is 0.750. The SMILES string of the molecule is CCOC(OCC)=C(C(=O)O)C(CC)OCC. The van der Waals surface area contributed by atoms with Crippen LogP contribution in [-0.2, 0) is 19.0 Å². The molecule has 1 N–H and O–H groups in total. The molecule has 0 spiro atoms. The first-order valence-corrected chi connectivity index (χ1v) is 5.96. The summed E-state index contributed by atoms with van der Waals surface area (Å²) in [6.07, 6.45) is 0.0460. The third-order valence-electron chi connectivity index (χ3n) is 2.06. The van der Waals surface area contributed by atoms with Gasteiger partial charge in [0.15, 0.2) is 0 Å². The monoisotopic (exact) mass is 246 g/mol. The first kappa shape index (κ1) is 15.8. The van der Waals surface area contributed by atoms with Crippen LogP contribution < -0.4 is 0 Å². The molecule has 5 heteroatoms. The zero-order chi connectivity index (χ0) is 13.3. The lowest BCUT2D eigenvalue weighted by molar-refractivity contribution is -0.135. The zero-order valence-corrected chi connectivity index (χ0v) is 11.0. The van der Waals surface area contributed by atoms with Gasteiger partial charge in [0.25, 0.3) is 5.95 Å². The van der Waals surface area contributed by atoms with Crippen LogP contribution in [-0.4, -0.2) is 37.0 Å². The minimum absolute atomic E-state index is 0.0538. The molecule has 0 amide bonds. The molecule has 100 valence electrons. The number of carbonyl (C=O) groups is 1. The van der Waals surface area contributed by atoms with Crippen molar-refractivity contribution in [2.24, 2.45) is 0 Å². The maximum atomic E-state index is 11.3. The second kappa shape index (κ2) is 8.87. The molecule has 1 atom stereocenters. The molecule has 17 heavy (non-hydrogen) atoms. The first-order valence-electron chi connectivity index (χ1n) is 5.96. The molecule has 0 heterocycles. The number of rotatable bonds is 9. The molecule has 0 fully saturated rings. The second-order valence-electron chi connectivity index (χ2n) is 3.22. The van der Waals surface area contributed by atoms with Gasteiger partial charge >= 0.3 is 5.97 Å². The maximum absolute atomic E-state index is 11.3. The van der Waals surface area contributed by atoms with E-state index < -0.39 is 12.1 Å². The Bertz CT molecular complexity index is 252. The number of carboxylic acid groups (broad SMARTS) is 1. The van der Waals surface area contributed by atoms with E-state index in [9.17, 15) is 9.90 Å².